The Morgan fingerprint density at radius 2 is 1.03 bits per heavy atom. The van der Waals surface area contributed by atoms with Crippen molar-refractivity contribution >= 4 is 21.6 Å². The second-order valence-corrected chi connectivity index (χ2v) is 11.8. The summed E-state index contributed by atoms with van der Waals surface area (Å²) in [6, 6.07) is 11.5. The van der Waals surface area contributed by atoms with E-state index in [0.29, 0.717) is 11.5 Å². The molecule has 0 heterocycles. The quantitative estimate of drug-likeness (QED) is 0.333. The second-order valence-electron chi connectivity index (χ2n) is 10.9. The molecule has 0 aliphatic heterocycles. The fourth-order valence-electron chi connectivity index (χ4n) is 3.38. The molecule has 0 saturated heterocycles. The molecule has 188 valence electrons. The molecular weight excluding hydrogens is 487 g/mol. The zero-order valence-corrected chi connectivity index (χ0v) is 25.1. The minimum Gasteiger partial charge on any atom is -0.508 e. The molecule has 1 fully saturated rings. The minimum absolute atomic E-state index is 0. The Labute approximate surface area is 222 Å². The number of aromatic hydroxyl groups is 2. The van der Waals surface area contributed by atoms with Crippen molar-refractivity contribution in [2.75, 3.05) is 0 Å². The normalized spacial score (nSPS) is 13.8. The van der Waals surface area contributed by atoms with Crippen LogP contribution >= 0.6 is 21.6 Å². The van der Waals surface area contributed by atoms with Crippen LogP contribution < -0.4 is 0 Å². The standard InChI is InChI=1S/2C11H16O.C6H13P.ClH.Cr/c2*1-8-7-9(11(2,3)4)5-6-10(8)12;7-6-4-2-1-3-5-6;;/h2*5-7,12H,1-4H3;6H,1-5,7H2;1H;. The van der Waals surface area contributed by atoms with Crippen LogP contribution in [0.25, 0.3) is 0 Å². The van der Waals surface area contributed by atoms with Crippen molar-refractivity contribution in [1.82, 2.24) is 0 Å². The van der Waals surface area contributed by atoms with Crippen molar-refractivity contribution in [2.24, 2.45) is 0 Å². The minimum atomic E-state index is 0. The summed E-state index contributed by atoms with van der Waals surface area (Å²) in [7, 11) is 2.91. The third-order valence-electron chi connectivity index (χ3n) is 5.78. The predicted molar refractivity (Wildman–Crippen MR) is 147 cm³/mol. The van der Waals surface area contributed by atoms with E-state index in [1.807, 2.05) is 38.1 Å². The SMILES string of the molecule is Cc1cc(C(C)(C)C)ccc1O.Cc1cc(C(C)(C)C)ccc1O.Cl.PC1CCCCC1.[Cr]. The van der Waals surface area contributed by atoms with Gasteiger partial charge in [0.05, 0.1) is 0 Å². The van der Waals surface area contributed by atoms with Crippen molar-refractivity contribution in [1.29, 1.82) is 0 Å². The number of hydrogen-bond donors (Lipinski definition) is 2. The average molecular weight is 533 g/mol. The van der Waals surface area contributed by atoms with Crippen LogP contribution in [0.3, 0.4) is 0 Å². The smallest absolute Gasteiger partial charge is 0.118 e. The molecule has 1 unspecified atom stereocenters. The molecule has 0 aromatic heterocycles. The molecule has 5 heteroatoms. The van der Waals surface area contributed by atoms with Crippen LogP contribution in [0, 0.1) is 13.8 Å². The average Bonchev–Trinajstić information content (AvgIpc) is 2.66. The van der Waals surface area contributed by atoms with Gasteiger partial charge in [-0.05, 0) is 77.6 Å². The maximum atomic E-state index is 9.31. The molecule has 2 aromatic rings. The van der Waals surface area contributed by atoms with Gasteiger partial charge in [0, 0.05) is 17.4 Å². The molecule has 2 N–H and O–H groups in total. The first-order valence-electron chi connectivity index (χ1n) is 11.6. The van der Waals surface area contributed by atoms with E-state index in [1.165, 1.54) is 43.2 Å². The number of hydrogen-bond acceptors (Lipinski definition) is 2. The topological polar surface area (TPSA) is 40.5 Å². The maximum Gasteiger partial charge on any atom is 0.118 e. The van der Waals surface area contributed by atoms with Gasteiger partial charge in [-0.2, -0.15) is 0 Å². The van der Waals surface area contributed by atoms with E-state index in [2.05, 4.69) is 50.8 Å². The zero-order valence-electron chi connectivity index (χ0n) is 21.9. The third-order valence-corrected chi connectivity index (χ3v) is 6.44. The first-order chi connectivity index (χ1) is 14.2. The molecule has 1 saturated carbocycles. The number of benzene rings is 2. The molecule has 0 radical (unpaired) electrons. The Balaban J connectivity index is 0. The van der Waals surface area contributed by atoms with Gasteiger partial charge in [-0.25, -0.2) is 0 Å². The zero-order chi connectivity index (χ0) is 23.8. The fourth-order valence-corrected chi connectivity index (χ4v) is 3.85. The van der Waals surface area contributed by atoms with Gasteiger partial charge in [-0.3, -0.25) is 0 Å². The molecule has 0 amide bonds. The summed E-state index contributed by atoms with van der Waals surface area (Å²) in [5.41, 5.74) is 5.70. The number of rotatable bonds is 0. The summed E-state index contributed by atoms with van der Waals surface area (Å²) in [4.78, 5) is 0. The van der Waals surface area contributed by atoms with E-state index < -0.39 is 0 Å². The van der Waals surface area contributed by atoms with Crippen molar-refractivity contribution in [3.63, 3.8) is 0 Å². The van der Waals surface area contributed by atoms with Gasteiger partial charge in [0.2, 0.25) is 0 Å². The number of phenolic OH excluding ortho intramolecular Hbond substituents is 2. The Kier molecular flexibility index (Phi) is 16.0. The molecule has 33 heavy (non-hydrogen) atoms. The fraction of sp³-hybridized carbons (Fsp3) is 0.571. The van der Waals surface area contributed by atoms with Gasteiger partial charge in [0.1, 0.15) is 11.5 Å². The summed E-state index contributed by atoms with van der Waals surface area (Å²) < 4.78 is 0. The first-order valence-corrected chi connectivity index (χ1v) is 12.2. The van der Waals surface area contributed by atoms with E-state index in [9.17, 15) is 10.2 Å². The van der Waals surface area contributed by atoms with Crippen molar-refractivity contribution in [2.45, 2.75) is 104 Å². The molecule has 2 aromatic carbocycles. The van der Waals surface area contributed by atoms with Crippen LogP contribution in [0.5, 0.6) is 11.5 Å². The van der Waals surface area contributed by atoms with Crippen molar-refractivity contribution in [3.8, 4) is 11.5 Å². The summed E-state index contributed by atoms with van der Waals surface area (Å²) in [5, 5.41) is 18.6. The van der Waals surface area contributed by atoms with Crippen LogP contribution in [0.4, 0.5) is 0 Å². The Bertz CT molecular complexity index is 758. The van der Waals surface area contributed by atoms with E-state index in [4.69, 9.17) is 0 Å². The van der Waals surface area contributed by atoms with Crippen LogP contribution in [-0.2, 0) is 28.2 Å². The van der Waals surface area contributed by atoms with Gasteiger partial charge in [-0.15, -0.1) is 21.6 Å². The second kappa shape index (κ2) is 15.3. The molecule has 0 bridgehead atoms. The maximum absolute atomic E-state index is 9.31. The Hall–Kier alpha value is -0.708. The van der Waals surface area contributed by atoms with Gasteiger partial charge >= 0.3 is 0 Å². The van der Waals surface area contributed by atoms with E-state index in [0.717, 1.165) is 16.8 Å². The van der Waals surface area contributed by atoms with Crippen LogP contribution in [0.15, 0.2) is 36.4 Å². The van der Waals surface area contributed by atoms with Crippen molar-refractivity contribution < 1.29 is 27.6 Å². The number of phenols is 2. The van der Waals surface area contributed by atoms with Gasteiger partial charge in [-0.1, -0.05) is 85.1 Å². The third kappa shape index (κ3) is 13.1. The summed E-state index contributed by atoms with van der Waals surface area (Å²) in [6.45, 7) is 16.8. The number of aryl methyl sites for hydroxylation is 2. The van der Waals surface area contributed by atoms with Crippen LogP contribution in [0.1, 0.15) is 95.9 Å². The molecule has 3 rings (SSSR count). The summed E-state index contributed by atoms with van der Waals surface area (Å²) in [5.74, 6) is 0.756. The molecule has 0 spiro atoms. The molecule has 2 nitrogen and oxygen atoms in total. The monoisotopic (exact) mass is 532 g/mol. The van der Waals surface area contributed by atoms with Gasteiger partial charge in [0.25, 0.3) is 0 Å². The molecular formula is C28H46ClCrO2P. The van der Waals surface area contributed by atoms with Gasteiger partial charge in [0.15, 0.2) is 0 Å². The largest absolute Gasteiger partial charge is 0.508 e. The van der Waals surface area contributed by atoms with Crippen molar-refractivity contribution in [3.05, 3.63) is 58.7 Å². The molecule has 1 aliphatic rings. The molecule has 1 atom stereocenters. The predicted octanol–water partition coefficient (Wildman–Crippen LogP) is 8.61. The van der Waals surface area contributed by atoms with Crippen LogP contribution in [-0.4, -0.2) is 15.9 Å². The summed E-state index contributed by atoms with van der Waals surface area (Å²) >= 11 is 0. The van der Waals surface area contributed by atoms with E-state index in [-0.39, 0.29) is 40.6 Å². The number of halogens is 1. The Morgan fingerprint density at radius 3 is 1.24 bits per heavy atom. The van der Waals surface area contributed by atoms with E-state index >= 15 is 0 Å². The first kappa shape index (κ1) is 34.5. The molecule has 1 aliphatic carbocycles. The van der Waals surface area contributed by atoms with E-state index in [1.54, 1.807) is 12.1 Å². The van der Waals surface area contributed by atoms with Crippen LogP contribution in [0.2, 0.25) is 0 Å². The Morgan fingerprint density at radius 1 is 0.697 bits per heavy atom. The summed E-state index contributed by atoms with van der Waals surface area (Å²) in [6.07, 6.45) is 7.31. The van der Waals surface area contributed by atoms with Gasteiger partial charge < -0.3 is 10.2 Å².